The minimum absolute atomic E-state index is 0.000746. The Morgan fingerprint density at radius 1 is 1.47 bits per heavy atom. The Morgan fingerprint density at radius 2 is 2.20 bits per heavy atom. The van der Waals surface area contributed by atoms with Gasteiger partial charge in [-0.2, -0.15) is 0 Å². The molecule has 0 fully saturated rings. The third-order valence-electron chi connectivity index (χ3n) is 2.22. The van der Waals surface area contributed by atoms with Crippen molar-refractivity contribution >= 4 is 17.4 Å². The molecule has 0 bridgehead atoms. The van der Waals surface area contributed by atoms with Crippen LogP contribution in [0.25, 0.3) is 0 Å². The van der Waals surface area contributed by atoms with Crippen LogP contribution in [-0.4, -0.2) is 19.1 Å². The van der Waals surface area contributed by atoms with Crippen LogP contribution in [0.15, 0.2) is 17.5 Å². The number of hydrogen-bond donors (Lipinski definition) is 2. The van der Waals surface area contributed by atoms with E-state index in [0.717, 1.165) is 0 Å². The van der Waals surface area contributed by atoms with Crippen LogP contribution in [0.5, 0.6) is 0 Å². The van der Waals surface area contributed by atoms with Crippen LogP contribution in [0.4, 0.5) is 4.79 Å². The highest BCUT2D eigenvalue weighted by atomic mass is 32.1. The summed E-state index contributed by atoms with van der Waals surface area (Å²) in [6.45, 7) is 7.48. The molecular weight excluding hydrogens is 208 g/mol. The number of nitrogens with one attached hydrogen (secondary N) is 2. The summed E-state index contributed by atoms with van der Waals surface area (Å²) in [6, 6.07) is 4.04. The molecule has 0 aromatic carbocycles. The van der Waals surface area contributed by atoms with E-state index >= 15 is 0 Å². The van der Waals surface area contributed by atoms with E-state index < -0.39 is 0 Å². The molecule has 2 N–H and O–H groups in total. The average molecular weight is 226 g/mol. The van der Waals surface area contributed by atoms with Gasteiger partial charge in [0.1, 0.15) is 0 Å². The van der Waals surface area contributed by atoms with Gasteiger partial charge >= 0.3 is 6.03 Å². The van der Waals surface area contributed by atoms with Crippen LogP contribution in [0.1, 0.15) is 25.6 Å². The van der Waals surface area contributed by atoms with Gasteiger partial charge in [-0.25, -0.2) is 4.79 Å². The van der Waals surface area contributed by atoms with Gasteiger partial charge in [-0.15, -0.1) is 11.3 Å². The van der Waals surface area contributed by atoms with Gasteiger partial charge in [-0.05, 0) is 18.4 Å². The molecular formula is C11H18N2OS. The Labute approximate surface area is 94.9 Å². The first-order chi connectivity index (χ1) is 7.06. The maximum atomic E-state index is 11.2. The third-order valence-corrected chi connectivity index (χ3v) is 3.45. The largest absolute Gasteiger partial charge is 0.338 e. The fourth-order valence-electron chi connectivity index (χ4n) is 1.28. The van der Waals surface area contributed by atoms with Crippen LogP contribution in [0.3, 0.4) is 0 Å². The average Bonchev–Trinajstić information content (AvgIpc) is 2.69. The minimum atomic E-state index is -0.0952. The normalized spacial score (nSPS) is 11.1. The van der Waals surface area contributed by atoms with Gasteiger partial charge in [0, 0.05) is 23.4 Å². The molecule has 0 spiro atoms. The second-order valence-electron chi connectivity index (χ2n) is 4.07. The highest BCUT2D eigenvalue weighted by Gasteiger charge is 2.22. The van der Waals surface area contributed by atoms with Crippen LogP contribution in [0, 0.1) is 0 Å². The molecule has 0 unspecified atom stereocenters. The summed E-state index contributed by atoms with van der Waals surface area (Å²) in [6.07, 6.45) is 0. The number of carbonyl (C=O) groups is 1. The number of thiophene rings is 1. The van der Waals surface area contributed by atoms with Crippen molar-refractivity contribution in [2.75, 3.05) is 13.1 Å². The van der Waals surface area contributed by atoms with Crippen molar-refractivity contribution in [3.8, 4) is 0 Å². The third kappa shape index (κ3) is 3.55. The van der Waals surface area contributed by atoms with Crippen LogP contribution in [0.2, 0.25) is 0 Å². The summed E-state index contributed by atoms with van der Waals surface area (Å²) in [5, 5.41) is 7.64. The van der Waals surface area contributed by atoms with E-state index in [9.17, 15) is 4.79 Å². The van der Waals surface area contributed by atoms with Gasteiger partial charge in [0.25, 0.3) is 0 Å². The maximum absolute atomic E-state index is 11.2. The quantitative estimate of drug-likeness (QED) is 0.813. The summed E-state index contributed by atoms with van der Waals surface area (Å²) >= 11 is 1.72. The van der Waals surface area contributed by atoms with E-state index in [2.05, 4.69) is 35.9 Å². The molecule has 0 atom stereocenters. The van der Waals surface area contributed by atoms with E-state index in [0.29, 0.717) is 13.1 Å². The second-order valence-corrected chi connectivity index (χ2v) is 5.02. The van der Waals surface area contributed by atoms with Crippen molar-refractivity contribution in [2.24, 2.45) is 0 Å². The molecule has 0 radical (unpaired) electrons. The zero-order chi connectivity index (χ0) is 11.3. The number of rotatable bonds is 4. The lowest BCUT2D eigenvalue weighted by Gasteiger charge is -2.23. The monoisotopic (exact) mass is 226 g/mol. The number of hydrogen-bond acceptors (Lipinski definition) is 2. The lowest BCUT2D eigenvalue weighted by Crippen LogP contribution is -2.41. The molecule has 3 nitrogen and oxygen atoms in total. The summed E-state index contributed by atoms with van der Waals surface area (Å²) < 4.78 is 0. The fourth-order valence-corrected chi connectivity index (χ4v) is 2.13. The smallest absolute Gasteiger partial charge is 0.314 e. The van der Waals surface area contributed by atoms with Crippen molar-refractivity contribution in [3.05, 3.63) is 22.4 Å². The van der Waals surface area contributed by atoms with Crippen molar-refractivity contribution in [3.63, 3.8) is 0 Å². The number of amides is 2. The summed E-state index contributed by atoms with van der Waals surface area (Å²) in [7, 11) is 0. The van der Waals surface area contributed by atoms with Crippen LogP contribution in [-0.2, 0) is 5.41 Å². The van der Waals surface area contributed by atoms with Crippen molar-refractivity contribution < 1.29 is 4.79 Å². The van der Waals surface area contributed by atoms with Gasteiger partial charge in [0.05, 0.1) is 0 Å². The highest BCUT2D eigenvalue weighted by Crippen LogP contribution is 2.26. The van der Waals surface area contributed by atoms with E-state index in [-0.39, 0.29) is 11.4 Å². The lowest BCUT2D eigenvalue weighted by molar-refractivity contribution is 0.239. The summed E-state index contributed by atoms with van der Waals surface area (Å²) in [5.74, 6) is 0. The molecule has 1 heterocycles. The number of urea groups is 1. The van der Waals surface area contributed by atoms with Gasteiger partial charge in [-0.3, -0.25) is 0 Å². The van der Waals surface area contributed by atoms with Gasteiger partial charge < -0.3 is 10.6 Å². The SMILES string of the molecule is CCNC(=O)NCC(C)(C)c1cccs1. The van der Waals surface area contributed by atoms with Gasteiger partial charge in [0.2, 0.25) is 0 Å². The first-order valence-corrected chi connectivity index (χ1v) is 6.00. The zero-order valence-electron chi connectivity index (χ0n) is 9.46. The first kappa shape index (κ1) is 12.0. The lowest BCUT2D eigenvalue weighted by atomic mass is 9.91. The van der Waals surface area contributed by atoms with Gasteiger partial charge in [0.15, 0.2) is 0 Å². The van der Waals surface area contributed by atoms with Crippen molar-refractivity contribution in [1.82, 2.24) is 10.6 Å². The molecule has 0 saturated carbocycles. The number of carbonyl (C=O) groups excluding carboxylic acids is 1. The van der Waals surface area contributed by atoms with Crippen molar-refractivity contribution in [1.29, 1.82) is 0 Å². The van der Waals surface area contributed by atoms with E-state index in [4.69, 9.17) is 0 Å². The predicted molar refractivity (Wildman–Crippen MR) is 64.4 cm³/mol. The molecule has 0 aliphatic rings. The Morgan fingerprint density at radius 3 is 2.73 bits per heavy atom. The molecule has 15 heavy (non-hydrogen) atoms. The Hall–Kier alpha value is -1.03. The Balaban J connectivity index is 2.47. The van der Waals surface area contributed by atoms with Crippen LogP contribution >= 0.6 is 11.3 Å². The Bertz CT molecular complexity index is 306. The molecule has 2 amide bonds. The molecule has 0 aliphatic heterocycles. The minimum Gasteiger partial charge on any atom is -0.338 e. The second kappa shape index (κ2) is 5.16. The topological polar surface area (TPSA) is 41.1 Å². The molecule has 1 aromatic heterocycles. The van der Waals surface area contributed by atoms with Crippen LogP contribution < -0.4 is 10.6 Å². The fraction of sp³-hybridized carbons (Fsp3) is 0.545. The van der Waals surface area contributed by atoms with E-state index in [1.807, 2.05) is 13.0 Å². The molecule has 1 aromatic rings. The first-order valence-electron chi connectivity index (χ1n) is 5.12. The molecule has 0 aliphatic carbocycles. The highest BCUT2D eigenvalue weighted by molar-refractivity contribution is 7.10. The maximum Gasteiger partial charge on any atom is 0.314 e. The van der Waals surface area contributed by atoms with E-state index in [1.54, 1.807) is 11.3 Å². The zero-order valence-corrected chi connectivity index (χ0v) is 10.3. The summed E-state index contributed by atoms with van der Waals surface area (Å²) in [5.41, 5.74) is -0.000746. The Kier molecular flexibility index (Phi) is 4.15. The van der Waals surface area contributed by atoms with Crippen molar-refractivity contribution in [2.45, 2.75) is 26.2 Å². The molecule has 0 saturated heterocycles. The predicted octanol–water partition coefficient (Wildman–Crippen LogP) is 2.34. The molecule has 84 valence electrons. The standard InChI is InChI=1S/C11H18N2OS/c1-4-12-10(14)13-8-11(2,3)9-6-5-7-15-9/h5-7H,4,8H2,1-3H3,(H2,12,13,14). The molecule has 4 heteroatoms. The van der Waals surface area contributed by atoms with Gasteiger partial charge in [-0.1, -0.05) is 19.9 Å². The van der Waals surface area contributed by atoms with E-state index in [1.165, 1.54) is 4.88 Å². The summed E-state index contributed by atoms with van der Waals surface area (Å²) in [4.78, 5) is 12.5. The molecule has 1 rings (SSSR count).